The van der Waals surface area contributed by atoms with E-state index in [-0.39, 0.29) is 5.54 Å². The zero-order valence-electron chi connectivity index (χ0n) is 12.7. The number of H-pyrrole nitrogens is 1. The molecule has 2 bridgehead atoms. The van der Waals surface area contributed by atoms with E-state index in [9.17, 15) is 13.2 Å². The highest BCUT2D eigenvalue weighted by Crippen LogP contribution is 2.36. The van der Waals surface area contributed by atoms with Gasteiger partial charge >= 0.3 is 6.18 Å². The third-order valence-corrected chi connectivity index (χ3v) is 5.30. The van der Waals surface area contributed by atoms with Crippen molar-refractivity contribution in [2.75, 3.05) is 6.54 Å². The molecule has 1 fully saturated rings. The molecule has 23 heavy (non-hydrogen) atoms. The van der Waals surface area contributed by atoms with Crippen molar-refractivity contribution < 1.29 is 13.2 Å². The molecule has 0 amide bonds. The molecule has 2 nitrogen and oxygen atoms in total. The largest absolute Gasteiger partial charge is 0.416 e. The summed E-state index contributed by atoms with van der Waals surface area (Å²) in [6, 6.07) is 3.91. The summed E-state index contributed by atoms with van der Waals surface area (Å²) in [6.07, 6.45) is 6.10. The molecule has 1 saturated heterocycles. The average molecular weight is 320 g/mol. The fourth-order valence-corrected chi connectivity index (χ4v) is 3.81. The first kappa shape index (κ1) is 14.8. The van der Waals surface area contributed by atoms with Gasteiger partial charge < -0.3 is 10.3 Å². The zero-order chi connectivity index (χ0) is 16.1. The van der Waals surface area contributed by atoms with Crippen LogP contribution in [-0.2, 0) is 12.6 Å². The van der Waals surface area contributed by atoms with E-state index in [0.717, 1.165) is 43.0 Å². The Labute approximate surface area is 132 Å². The molecule has 0 saturated carbocycles. The first-order chi connectivity index (χ1) is 11.0. The SMILES string of the molecule is FC(F)(F)c1ccc2[nH]cc(CCC34C=CC(CC3)CN4)c2c1. The summed E-state index contributed by atoms with van der Waals surface area (Å²) < 4.78 is 38.8. The molecule has 2 aliphatic heterocycles. The number of alkyl halides is 3. The predicted octanol–water partition coefficient (Wildman–Crippen LogP) is 4.43. The normalized spacial score (nSPS) is 27.0. The van der Waals surface area contributed by atoms with Gasteiger partial charge in [0.25, 0.3) is 0 Å². The maximum absolute atomic E-state index is 12.9. The number of piperidine rings is 1. The van der Waals surface area contributed by atoms with Crippen molar-refractivity contribution in [1.82, 2.24) is 10.3 Å². The first-order valence-corrected chi connectivity index (χ1v) is 8.07. The van der Waals surface area contributed by atoms with Crippen molar-refractivity contribution in [2.45, 2.75) is 37.4 Å². The van der Waals surface area contributed by atoms with Crippen molar-refractivity contribution in [3.63, 3.8) is 0 Å². The van der Waals surface area contributed by atoms with Crippen molar-refractivity contribution in [3.05, 3.63) is 47.7 Å². The van der Waals surface area contributed by atoms with Crippen LogP contribution in [0.3, 0.4) is 0 Å². The van der Waals surface area contributed by atoms with E-state index in [2.05, 4.69) is 22.5 Å². The lowest BCUT2D eigenvalue weighted by atomic mass is 9.75. The second-order valence-corrected chi connectivity index (χ2v) is 6.77. The molecule has 2 aromatic rings. The summed E-state index contributed by atoms with van der Waals surface area (Å²) in [5.41, 5.74) is 1.17. The highest BCUT2D eigenvalue weighted by atomic mass is 19.4. The lowest BCUT2D eigenvalue weighted by molar-refractivity contribution is -0.137. The summed E-state index contributed by atoms with van der Waals surface area (Å²) >= 11 is 0. The van der Waals surface area contributed by atoms with Crippen LogP contribution in [0.1, 0.15) is 30.4 Å². The topological polar surface area (TPSA) is 27.8 Å². The lowest BCUT2D eigenvalue weighted by Gasteiger charge is -2.43. The standard InChI is InChI=1S/C18H19F3N2/c19-18(20,21)14-1-2-16-15(9-14)13(11-22-16)5-8-17-6-3-12(4-7-17)10-23-17/h1-3,6,9,11-12,22-23H,4-5,7-8,10H2. The molecule has 2 unspecified atom stereocenters. The number of halogens is 3. The number of hydrogen-bond acceptors (Lipinski definition) is 1. The second kappa shape index (κ2) is 5.13. The summed E-state index contributed by atoms with van der Waals surface area (Å²) in [5, 5.41) is 4.29. The molecule has 5 heteroatoms. The number of aryl methyl sites for hydroxylation is 1. The van der Waals surface area contributed by atoms with E-state index in [1.54, 1.807) is 0 Å². The van der Waals surface area contributed by atoms with Crippen LogP contribution in [0.5, 0.6) is 0 Å². The van der Waals surface area contributed by atoms with Crippen LogP contribution in [0.4, 0.5) is 13.2 Å². The van der Waals surface area contributed by atoms with Gasteiger partial charge in [0.2, 0.25) is 0 Å². The Bertz CT molecular complexity index is 749. The Morgan fingerprint density at radius 1 is 1.26 bits per heavy atom. The summed E-state index contributed by atoms with van der Waals surface area (Å²) in [7, 11) is 0. The zero-order valence-corrected chi connectivity index (χ0v) is 12.7. The van der Waals surface area contributed by atoms with Crippen molar-refractivity contribution in [3.8, 4) is 0 Å². The summed E-state index contributed by atoms with van der Waals surface area (Å²) in [5.74, 6) is 0.652. The van der Waals surface area contributed by atoms with E-state index < -0.39 is 11.7 Å². The van der Waals surface area contributed by atoms with Gasteiger partial charge in [-0.15, -0.1) is 0 Å². The van der Waals surface area contributed by atoms with Crippen LogP contribution in [0.25, 0.3) is 10.9 Å². The fourth-order valence-electron chi connectivity index (χ4n) is 3.81. The summed E-state index contributed by atoms with van der Waals surface area (Å²) in [6.45, 7) is 1.02. The van der Waals surface area contributed by atoms with Crippen LogP contribution in [-0.4, -0.2) is 17.1 Å². The van der Waals surface area contributed by atoms with Gasteiger partial charge in [0.15, 0.2) is 0 Å². The molecule has 1 aliphatic carbocycles. The lowest BCUT2D eigenvalue weighted by Crippen LogP contribution is -2.52. The average Bonchev–Trinajstić information content (AvgIpc) is 2.96. The fraction of sp³-hybridized carbons (Fsp3) is 0.444. The van der Waals surface area contributed by atoms with Gasteiger partial charge in [0.1, 0.15) is 0 Å². The van der Waals surface area contributed by atoms with E-state index in [1.165, 1.54) is 18.6 Å². The third-order valence-electron chi connectivity index (χ3n) is 5.30. The maximum atomic E-state index is 12.9. The molecule has 5 rings (SSSR count). The van der Waals surface area contributed by atoms with Gasteiger partial charge in [-0.3, -0.25) is 0 Å². The number of benzene rings is 1. The Morgan fingerprint density at radius 3 is 2.78 bits per heavy atom. The van der Waals surface area contributed by atoms with Crippen molar-refractivity contribution in [1.29, 1.82) is 0 Å². The van der Waals surface area contributed by atoms with Gasteiger partial charge in [-0.1, -0.05) is 12.2 Å². The smallest absolute Gasteiger partial charge is 0.361 e. The Balaban J connectivity index is 1.59. The predicted molar refractivity (Wildman–Crippen MR) is 84.2 cm³/mol. The van der Waals surface area contributed by atoms with Crippen LogP contribution >= 0.6 is 0 Å². The highest BCUT2D eigenvalue weighted by Gasteiger charge is 2.35. The Morgan fingerprint density at radius 2 is 2.13 bits per heavy atom. The van der Waals surface area contributed by atoms with Crippen LogP contribution in [0.15, 0.2) is 36.5 Å². The van der Waals surface area contributed by atoms with Crippen LogP contribution < -0.4 is 5.32 Å². The van der Waals surface area contributed by atoms with E-state index >= 15 is 0 Å². The first-order valence-electron chi connectivity index (χ1n) is 8.07. The Kier molecular flexibility index (Phi) is 3.30. The van der Waals surface area contributed by atoms with Crippen molar-refractivity contribution in [2.24, 2.45) is 5.92 Å². The number of aromatic amines is 1. The Hall–Kier alpha value is -1.75. The molecular formula is C18H19F3N2. The second-order valence-electron chi connectivity index (χ2n) is 6.77. The highest BCUT2D eigenvalue weighted by molar-refractivity contribution is 5.84. The molecule has 1 aromatic carbocycles. The number of fused-ring (bicyclic) bond motifs is 3. The third kappa shape index (κ3) is 2.67. The van der Waals surface area contributed by atoms with Gasteiger partial charge in [-0.05, 0) is 55.4 Å². The van der Waals surface area contributed by atoms with E-state index in [0.29, 0.717) is 11.3 Å². The molecule has 3 heterocycles. The van der Waals surface area contributed by atoms with Crippen molar-refractivity contribution >= 4 is 10.9 Å². The van der Waals surface area contributed by atoms with E-state index in [1.807, 2.05) is 6.20 Å². The summed E-state index contributed by atoms with van der Waals surface area (Å²) in [4.78, 5) is 3.09. The van der Waals surface area contributed by atoms with Gasteiger partial charge in [0.05, 0.1) is 5.56 Å². The van der Waals surface area contributed by atoms with Crippen LogP contribution in [0, 0.1) is 5.92 Å². The minimum Gasteiger partial charge on any atom is -0.361 e. The molecule has 3 aliphatic rings. The molecule has 2 atom stereocenters. The number of aromatic nitrogens is 1. The molecule has 1 aromatic heterocycles. The molecule has 0 spiro atoms. The number of hydrogen-bond donors (Lipinski definition) is 2. The molecule has 122 valence electrons. The molecular weight excluding hydrogens is 301 g/mol. The van der Waals surface area contributed by atoms with Gasteiger partial charge in [-0.2, -0.15) is 13.2 Å². The minimum atomic E-state index is -4.30. The van der Waals surface area contributed by atoms with Crippen LogP contribution in [0.2, 0.25) is 0 Å². The van der Waals surface area contributed by atoms with Gasteiger partial charge in [-0.25, -0.2) is 0 Å². The monoisotopic (exact) mass is 320 g/mol. The minimum absolute atomic E-state index is 0.0278. The molecule has 0 radical (unpaired) electrons. The quantitative estimate of drug-likeness (QED) is 0.805. The maximum Gasteiger partial charge on any atom is 0.416 e. The van der Waals surface area contributed by atoms with Gasteiger partial charge in [0, 0.05) is 29.2 Å². The number of rotatable bonds is 3. The molecule has 2 N–H and O–H groups in total. The number of nitrogens with one attached hydrogen (secondary N) is 2. The van der Waals surface area contributed by atoms with E-state index in [4.69, 9.17) is 0 Å².